The predicted octanol–water partition coefficient (Wildman–Crippen LogP) is 3.21. The molecule has 1 atom stereocenters. The fourth-order valence-electron chi connectivity index (χ4n) is 5.49. The minimum Gasteiger partial charge on any atom is -0.380 e. The number of aromatic nitrogens is 4. The molecule has 0 saturated heterocycles. The maximum Gasteiger partial charge on any atom is 0.417 e. The Morgan fingerprint density at radius 2 is 1.62 bits per heavy atom. The molecule has 0 aromatic carbocycles. The second-order valence-corrected chi connectivity index (χ2v) is 9.84. The molecule has 2 fully saturated rings. The van der Waals surface area contributed by atoms with Crippen LogP contribution in [0.2, 0.25) is 0 Å². The van der Waals surface area contributed by atoms with Gasteiger partial charge in [0.25, 0.3) is 5.56 Å². The smallest absolute Gasteiger partial charge is 0.380 e. The molecule has 0 bridgehead atoms. The average molecular weight is 457 g/mol. The molecular weight excluding hydrogens is 425 g/mol. The summed E-state index contributed by atoms with van der Waals surface area (Å²) in [6.07, 6.45) is 2.79. The zero-order valence-corrected chi connectivity index (χ0v) is 18.6. The van der Waals surface area contributed by atoms with E-state index in [0.29, 0.717) is 36.5 Å². The standard InChI is InChI=1S/C22H31F3N4O3/c1-21(32,22(23,24)25)16-9-7-15(8-10-16)12-29-19(30)17-18(27(2)20(29)31)26-13-28(17)11-14-5-3-4-6-14/h13-16,32H,3-12H2,1-2H3/t15?,16?,21-/m0/s1. The van der Waals surface area contributed by atoms with Gasteiger partial charge in [0.2, 0.25) is 0 Å². The molecule has 2 aromatic heterocycles. The molecule has 4 rings (SSSR count). The van der Waals surface area contributed by atoms with E-state index in [9.17, 15) is 27.9 Å². The van der Waals surface area contributed by atoms with Crippen LogP contribution < -0.4 is 11.2 Å². The van der Waals surface area contributed by atoms with Gasteiger partial charge in [0, 0.05) is 20.1 Å². The third-order valence-corrected chi connectivity index (χ3v) is 7.69. The van der Waals surface area contributed by atoms with Crippen LogP contribution in [-0.2, 0) is 20.1 Å². The van der Waals surface area contributed by atoms with Crippen molar-refractivity contribution < 1.29 is 18.3 Å². The van der Waals surface area contributed by atoms with E-state index in [-0.39, 0.29) is 30.9 Å². The van der Waals surface area contributed by atoms with Crippen molar-refractivity contribution in [2.24, 2.45) is 24.8 Å². The number of rotatable bonds is 5. The summed E-state index contributed by atoms with van der Waals surface area (Å²) >= 11 is 0. The molecule has 0 amide bonds. The van der Waals surface area contributed by atoms with E-state index < -0.39 is 23.4 Å². The fraction of sp³-hybridized carbons (Fsp3) is 0.773. The topological polar surface area (TPSA) is 82.0 Å². The van der Waals surface area contributed by atoms with E-state index in [0.717, 1.165) is 19.8 Å². The lowest BCUT2D eigenvalue weighted by Crippen LogP contribution is -2.50. The van der Waals surface area contributed by atoms with E-state index in [4.69, 9.17) is 0 Å². The van der Waals surface area contributed by atoms with Gasteiger partial charge < -0.3 is 9.67 Å². The third kappa shape index (κ3) is 4.02. The lowest BCUT2D eigenvalue weighted by atomic mass is 9.74. The molecule has 178 valence electrons. The molecule has 2 aliphatic carbocycles. The maximum atomic E-state index is 13.3. The summed E-state index contributed by atoms with van der Waals surface area (Å²) in [6, 6.07) is 0. The minimum absolute atomic E-state index is 0.0932. The lowest BCUT2D eigenvalue weighted by Gasteiger charge is -2.39. The number of aliphatic hydroxyl groups is 1. The Hall–Kier alpha value is -2.10. The molecule has 2 aliphatic rings. The van der Waals surface area contributed by atoms with Gasteiger partial charge in [-0.1, -0.05) is 12.8 Å². The summed E-state index contributed by atoms with van der Waals surface area (Å²) in [5.41, 5.74) is -2.80. The van der Waals surface area contributed by atoms with Crippen LogP contribution >= 0.6 is 0 Å². The third-order valence-electron chi connectivity index (χ3n) is 7.69. The van der Waals surface area contributed by atoms with Crippen LogP contribution in [0.3, 0.4) is 0 Å². The van der Waals surface area contributed by atoms with Crippen LogP contribution in [0.1, 0.15) is 58.3 Å². The Morgan fingerprint density at radius 1 is 1.03 bits per heavy atom. The van der Waals surface area contributed by atoms with E-state index in [2.05, 4.69) is 4.98 Å². The highest BCUT2D eigenvalue weighted by Gasteiger charge is 2.55. The van der Waals surface area contributed by atoms with Crippen molar-refractivity contribution in [3.63, 3.8) is 0 Å². The molecule has 2 aromatic rings. The first-order valence-corrected chi connectivity index (χ1v) is 11.4. The molecule has 0 unspecified atom stereocenters. The Labute approximate surface area is 183 Å². The predicted molar refractivity (Wildman–Crippen MR) is 113 cm³/mol. The number of nitrogens with zero attached hydrogens (tertiary/aromatic N) is 4. The Kier molecular flexibility index (Phi) is 6.02. The first-order valence-electron chi connectivity index (χ1n) is 11.4. The number of hydrogen-bond donors (Lipinski definition) is 1. The summed E-state index contributed by atoms with van der Waals surface area (Å²) in [5.74, 6) is -0.479. The molecule has 10 heteroatoms. The van der Waals surface area contributed by atoms with Crippen LogP contribution in [0.5, 0.6) is 0 Å². The van der Waals surface area contributed by atoms with Gasteiger partial charge in [-0.3, -0.25) is 13.9 Å². The van der Waals surface area contributed by atoms with Crippen LogP contribution in [0.4, 0.5) is 13.2 Å². The second kappa shape index (κ2) is 8.35. The zero-order chi connectivity index (χ0) is 23.3. The zero-order valence-electron chi connectivity index (χ0n) is 18.6. The van der Waals surface area contributed by atoms with Gasteiger partial charge in [0.1, 0.15) is 0 Å². The van der Waals surface area contributed by atoms with Crippen molar-refractivity contribution in [2.75, 3.05) is 0 Å². The number of imidazole rings is 1. The van der Waals surface area contributed by atoms with Gasteiger partial charge >= 0.3 is 11.9 Å². The molecule has 0 aliphatic heterocycles. The molecule has 0 radical (unpaired) electrons. The van der Waals surface area contributed by atoms with E-state index in [1.165, 1.54) is 22.0 Å². The van der Waals surface area contributed by atoms with Gasteiger partial charge in [-0.2, -0.15) is 13.2 Å². The minimum atomic E-state index is -4.68. The van der Waals surface area contributed by atoms with E-state index in [1.807, 2.05) is 4.57 Å². The van der Waals surface area contributed by atoms with Crippen molar-refractivity contribution in [3.8, 4) is 0 Å². The van der Waals surface area contributed by atoms with Crippen LogP contribution in [0.25, 0.3) is 11.2 Å². The van der Waals surface area contributed by atoms with Crippen molar-refractivity contribution in [2.45, 2.75) is 83.2 Å². The summed E-state index contributed by atoms with van der Waals surface area (Å²) < 4.78 is 43.9. The normalized spacial score (nSPS) is 24.8. The molecule has 2 saturated carbocycles. The molecule has 2 heterocycles. The van der Waals surface area contributed by atoms with E-state index >= 15 is 0 Å². The van der Waals surface area contributed by atoms with Gasteiger partial charge in [-0.25, -0.2) is 9.78 Å². The Morgan fingerprint density at radius 3 is 2.22 bits per heavy atom. The second-order valence-electron chi connectivity index (χ2n) is 9.84. The maximum absolute atomic E-state index is 13.3. The van der Waals surface area contributed by atoms with Crippen LogP contribution in [0.15, 0.2) is 15.9 Å². The number of aryl methyl sites for hydroxylation is 1. The van der Waals surface area contributed by atoms with Gasteiger partial charge in [-0.15, -0.1) is 0 Å². The van der Waals surface area contributed by atoms with Crippen molar-refractivity contribution in [1.29, 1.82) is 0 Å². The first kappa shape index (κ1) is 23.1. The van der Waals surface area contributed by atoms with Crippen LogP contribution in [-0.4, -0.2) is 35.6 Å². The highest BCUT2D eigenvalue weighted by molar-refractivity contribution is 5.69. The Balaban J connectivity index is 1.56. The number of fused-ring (bicyclic) bond motifs is 1. The van der Waals surface area contributed by atoms with Crippen molar-refractivity contribution in [3.05, 3.63) is 27.2 Å². The molecule has 7 nitrogen and oxygen atoms in total. The molecule has 0 spiro atoms. The van der Waals surface area contributed by atoms with E-state index in [1.54, 1.807) is 13.4 Å². The Bertz CT molecular complexity index is 1080. The largest absolute Gasteiger partial charge is 0.417 e. The fourth-order valence-corrected chi connectivity index (χ4v) is 5.49. The number of alkyl halides is 3. The van der Waals surface area contributed by atoms with Crippen molar-refractivity contribution in [1.82, 2.24) is 18.7 Å². The first-order chi connectivity index (χ1) is 15.0. The monoisotopic (exact) mass is 456 g/mol. The van der Waals surface area contributed by atoms with Crippen molar-refractivity contribution >= 4 is 11.2 Å². The highest BCUT2D eigenvalue weighted by Crippen LogP contribution is 2.43. The molecular formula is C22H31F3N4O3. The molecule has 1 N–H and O–H groups in total. The van der Waals surface area contributed by atoms with Gasteiger partial charge in [-0.05, 0) is 63.2 Å². The summed E-state index contributed by atoms with van der Waals surface area (Å²) in [7, 11) is 1.59. The van der Waals surface area contributed by atoms with Crippen LogP contribution in [0, 0.1) is 17.8 Å². The van der Waals surface area contributed by atoms with Gasteiger partial charge in [0.15, 0.2) is 16.8 Å². The average Bonchev–Trinajstić information content (AvgIpc) is 3.39. The lowest BCUT2D eigenvalue weighted by molar-refractivity contribution is -0.275. The summed E-state index contributed by atoms with van der Waals surface area (Å²) in [6.45, 7) is 1.69. The molecule has 32 heavy (non-hydrogen) atoms. The SMILES string of the molecule is Cn1c(=O)n(CC2CCC([C@](C)(O)C(F)(F)F)CC2)c(=O)c2c1ncn2CC1CCCC1. The van der Waals surface area contributed by atoms with Gasteiger partial charge in [0.05, 0.1) is 6.33 Å². The highest BCUT2D eigenvalue weighted by atomic mass is 19.4. The number of halogens is 3. The quantitative estimate of drug-likeness (QED) is 0.749. The summed E-state index contributed by atoms with van der Waals surface area (Å²) in [5, 5.41) is 9.98. The number of hydrogen-bond acceptors (Lipinski definition) is 4. The summed E-state index contributed by atoms with van der Waals surface area (Å²) in [4.78, 5) is 30.5.